The second kappa shape index (κ2) is 12.2. The number of benzene rings is 1. The summed E-state index contributed by atoms with van der Waals surface area (Å²) in [6.07, 6.45) is 13.3. The minimum atomic E-state index is 0.114. The molecule has 0 saturated carbocycles. The average molecular weight is 339 g/mol. The van der Waals surface area contributed by atoms with Crippen LogP contribution in [0.5, 0.6) is 5.75 Å². The van der Waals surface area contributed by atoms with Gasteiger partial charge in [-0.25, -0.2) is 0 Å². The van der Waals surface area contributed by atoms with Gasteiger partial charge in [0.05, 0.1) is 11.8 Å². The van der Waals surface area contributed by atoms with Gasteiger partial charge < -0.3 is 10.1 Å². The number of rotatable bonds is 13. The van der Waals surface area contributed by atoms with Crippen molar-refractivity contribution in [3.8, 4) is 5.75 Å². The van der Waals surface area contributed by atoms with E-state index in [1.807, 2.05) is 12.1 Å². The summed E-state index contributed by atoms with van der Waals surface area (Å²) in [5.74, 6) is 0.610. The number of carbonyl (C=O) groups excluding carboxylic acids is 1. The number of hydrogen-bond acceptors (Lipinski definition) is 2. The molecule has 1 rings (SSSR count). The second-order valence-electron chi connectivity index (χ2n) is 6.04. The molecule has 23 heavy (non-hydrogen) atoms. The van der Waals surface area contributed by atoms with Gasteiger partial charge >= 0.3 is 6.41 Å². The smallest absolute Gasteiger partial charge is 0.314 e. The predicted molar refractivity (Wildman–Crippen MR) is 98.1 cm³/mol. The first kappa shape index (κ1) is 19.8. The SMILES string of the molecule is CCCCCCCCCCC(C)Oc1cccc(N[C]=O)c1Cl. The molecule has 1 aromatic rings. The maximum atomic E-state index is 10.4. The van der Waals surface area contributed by atoms with Crippen molar-refractivity contribution in [1.82, 2.24) is 0 Å². The number of amides is 1. The second-order valence-corrected chi connectivity index (χ2v) is 6.41. The molecule has 0 aromatic heterocycles. The molecule has 4 heteroatoms. The van der Waals surface area contributed by atoms with E-state index in [2.05, 4.69) is 19.2 Å². The molecule has 129 valence electrons. The Balaban J connectivity index is 2.22. The van der Waals surface area contributed by atoms with E-state index < -0.39 is 0 Å². The number of ether oxygens (including phenoxy) is 1. The van der Waals surface area contributed by atoms with Crippen LogP contribution in [-0.4, -0.2) is 12.5 Å². The molecule has 3 nitrogen and oxygen atoms in total. The van der Waals surface area contributed by atoms with Gasteiger partial charge in [-0.15, -0.1) is 0 Å². The summed E-state index contributed by atoms with van der Waals surface area (Å²) in [7, 11) is 0. The topological polar surface area (TPSA) is 38.3 Å². The van der Waals surface area contributed by atoms with Crippen LogP contribution >= 0.6 is 11.6 Å². The Labute approximate surface area is 145 Å². The molecule has 0 spiro atoms. The summed E-state index contributed by atoms with van der Waals surface area (Å²) in [6.45, 7) is 4.31. The van der Waals surface area contributed by atoms with Crippen molar-refractivity contribution in [2.75, 3.05) is 5.32 Å². The maximum absolute atomic E-state index is 10.4. The molecule has 1 atom stereocenters. The van der Waals surface area contributed by atoms with Crippen LogP contribution in [0.2, 0.25) is 5.02 Å². The Morgan fingerprint density at radius 2 is 1.78 bits per heavy atom. The van der Waals surface area contributed by atoms with Crippen molar-refractivity contribution in [2.24, 2.45) is 0 Å². The van der Waals surface area contributed by atoms with Crippen LogP contribution in [0.1, 0.15) is 71.6 Å². The zero-order valence-corrected chi connectivity index (χ0v) is 15.1. The fourth-order valence-electron chi connectivity index (χ4n) is 2.59. The minimum absolute atomic E-state index is 0.114. The Morgan fingerprint density at radius 1 is 1.13 bits per heavy atom. The number of hydrogen-bond donors (Lipinski definition) is 1. The van der Waals surface area contributed by atoms with Crippen molar-refractivity contribution in [1.29, 1.82) is 0 Å². The fourth-order valence-corrected chi connectivity index (χ4v) is 2.81. The highest BCUT2D eigenvalue weighted by Gasteiger charge is 2.10. The molecule has 0 saturated heterocycles. The summed E-state index contributed by atoms with van der Waals surface area (Å²) in [5, 5.41) is 2.88. The molecule has 0 aliphatic heterocycles. The third-order valence-corrected chi connectivity index (χ3v) is 4.33. The molecule has 1 aromatic carbocycles. The monoisotopic (exact) mass is 338 g/mol. The van der Waals surface area contributed by atoms with Gasteiger partial charge in [0.2, 0.25) is 0 Å². The van der Waals surface area contributed by atoms with Crippen LogP contribution < -0.4 is 10.1 Å². The van der Waals surface area contributed by atoms with Crippen molar-refractivity contribution in [3.05, 3.63) is 23.2 Å². The highest BCUT2D eigenvalue weighted by Crippen LogP contribution is 2.32. The maximum Gasteiger partial charge on any atom is 0.314 e. The first-order valence-electron chi connectivity index (χ1n) is 8.77. The molecule has 1 amide bonds. The molecule has 1 radical (unpaired) electrons. The molecule has 1 N–H and O–H groups in total. The predicted octanol–water partition coefficient (Wildman–Crippen LogP) is 6.12. The van der Waals surface area contributed by atoms with Crippen LogP contribution in [0, 0.1) is 0 Å². The van der Waals surface area contributed by atoms with E-state index in [1.165, 1.54) is 51.4 Å². The summed E-state index contributed by atoms with van der Waals surface area (Å²) in [6, 6.07) is 5.36. The largest absolute Gasteiger partial charge is 0.489 e. The van der Waals surface area contributed by atoms with Crippen molar-refractivity contribution in [2.45, 2.75) is 77.7 Å². The molecule has 0 fully saturated rings. The first-order chi connectivity index (χ1) is 11.2. The Bertz CT molecular complexity index is 451. The summed E-state index contributed by atoms with van der Waals surface area (Å²) in [5.41, 5.74) is 0.526. The zero-order chi connectivity index (χ0) is 16.9. The van der Waals surface area contributed by atoms with Crippen LogP contribution in [-0.2, 0) is 4.79 Å². The number of halogens is 1. The van der Waals surface area contributed by atoms with Crippen molar-refractivity contribution in [3.63, 3.8) is 0 Å². The lowest BCUT2D eigenvalue weighted by Gasteiger charge is -2.16. The molecule has 0 aliphatic carbocycles. The van der Waals surface area contributed by atoms with E-state index in [-0.39, 0.29) is 6.10 Å². The highest BCUT2D eigenvalue weighted by atomic mass is 35.5. The third-order valence-electron chi connectivity index (χ3n) is 3.94. The fraction of sp³-hybridized carbons (Fsp3) is 0.632. The van der Waals surface area contributed by atoms with Crippen LogP contribution in [0.25, 0.3) is 0 Å². The molecule has 0 bridgehead atoms. The average Bonchev–Trinajstić information content (AvgIpc) is 2.54. The van der Waals surface area contributed by atoms with Gasteiger partial charge in [-0.1, -0.05) is 69.5 Å². The van der Waals surface area contributed by atoms with Gasteiger partial charge in [-0.05, 0) is 31.9 Å². The van der Waals surface area contributed by atoms with E-state index in [0.29, 0.717) is 16.5 Å². The molecular weight excluding hydrogens is 310 g/mol. The third kappa shape index (κ3) is 8.26. The standard InChI is InChI=1S/C19H29ClNO2/c1-3-4-5-6-7-8-9-10-12-16(2)23-18-14-11-13-17(19(18)20)21-15-22/h11,13-14,16H,3-10,12H2,1-2H3,(H,21,22). The van der Waals surface area contributed by atoms with Gasteiger partial charge in [-0.2, -0.15) is 0 Å². The van der Waals surface area contributed by atoms with E-state index in [1.54, 1.807) is 12.5 Å². The molecule has 0 aliphatic rings. The van der Waals surface area contributed by atoms with E-state index >= 15 is 0 Å². The Hall–Kier alpha value is -1.22. The van der Waals surface area contributed by atoms with Crippen LogP contribution in [0.3, 0.4) is 0 Å². The quantitative estimate of drug-likeness (QED) is 0.347. The highest BCUT2D eigenvalue weighted by molar-refractivity contribution is 6.35. The zero-order valence-electron chi connectivity index (χ0n) is 14.4. The Morgan fingerprint density at radius 3 is 2.43 bits per heavy atom. The van der Waals surface area contributed by atoms with Crippen LogP contribution in [0.4, 0.5) is 5.69 Å². The lowest BCUT2D eigenvalue weighted by atomic mass is 10.1. The van der Waals surface area contributed by atoms with Gasteiger partial charge in [0.15, 0.2) is 0 Å². The van der Waals surface area contributed by atoms with E-state index in [0.717, 1.165) is 6.42 Å². The van der Waals surface area contributed by atoms with E-state index in [4.69, 9.17) is 16.3 Å². The van der Waals surface area contributed by atoms with E-state index in [9.17, 15) is 4.79 Å². The number of anilines is 1. The summed E-state index contributed by atoms with van der Waals surface area (Å²) in [4.78, 5) is 10.4. The number of unbranched alkanes of at least 4 members (excludes halogenated alkanes) is 7. The number of nitrogens with one attached hydrogen (secondary N) is 1. The summed E-state index contributed by atoms with van der Waals surface area (Å²) >= 11 is 6.21. The van der Waals surface area contributed by atoms with Gasteiger partial charge in [-0.3, -0.25) is 4.79 Å². The lowest BCUT2D eigenvalue weighted by molar-refractivity contribution is 0.206. The van der Waals surface area contributed by atoms with Gasteiger partial charge in [0, 0.05) is 0 Å². The first-order valence-corrected chi connectivity index (χ1v) is 9.15. The van der Waals surface area contributed by atoms with Crippen molar-refractivity contribution >= 4 is 23.7 Å². The van der Waals surface area contributed by atoms with Crippen LogP contribution in [0.15, 0.2) is 18.2 Å². The minimum Gasteiger partial charge on any atom is -0.489 e. The molecule has 0 heterocycles. The van der Waals surface area contributed by atoms with Gasteiger partial charge in [0.25, 0.3) is 0 Å². The molecule has 1 unspecified atom stereocenters. The Kier molecular flexibility index (Phi) is 10.5. The summed E-state index contributed by atoms with van der Waals surface area (Å²) < 4.78 is 5.89. The molecular formula is C19H29ClNO2. The van der Waals surface area contributed by atoms with Crippen molar-refractivity contribution < 1.29 is 9.53 Å². The lowest BCUT2D eigenvalue weighted by Crippen LogP contribution is -2.12. The van der Waals surface area contributed by atoms with Gasteiger partial charge in [0.1, 0.15) is 10.8 Å². The normalized spacial score (nSPS) is 12.0.